The fourth-order valence-electron chi connectivity index (χ4n) is 2.43. The van der Waals surface area contributed by atoms with Gasteiger partial charge in [0.1, 0.15) is 0 Å². The van der Waals surface area contributed by atoms with Crippen LogP contribution in [0.25, 0.3) is 0 Å². The molecule has 0 saturated carbocycles. The number of allylic oxidation sites excluding steroid dienone is 3. The van der Waals surface area contributed by atoms with Gasteiger partial charge in [-0.15, -0.1) is 11.6 Å². The van der Waals surface area contributed by atoms with Gasteiger partial charge in [-0.25, -0.2) is 4.99 Å². The van der Waals surface area contributed by atoms with E-state index in [2.05, 4.69) is 24.2 Å². The zero-order chi connectivity index (χ0) is 15.4. The van der Waals surface area contributed by atoms with Gasteiger partial charge in [0.15, 0.2) is 0 Å². The van der Waals surface area contributed by atoms with Crippen molar-refractivity contribution in [2.75, 3.05) is 5.88 Å². The van der Waals surface area contributed by atoms with E-state index in [0.29, 0.717) is 24.4 Å². The molecule has 0 saturated heterocycles. The summed E-state index contributed by atoms with van der Waals surface area (Å²) in [7, 11) is 0. The summed E-state index contributed by atoms with van der Waals surface area (Å²) in [5.41, 5.74) is 2.44. The largest absolute Gasteiger partial charge is 0.325 e. The van der Waals surface area contributed by atoms with E-state index in [4.69, 9.17) is 11.6 Å². The van der Waals surface area contributed by atoms with Crippen molar-refractivity contribution in [3.63, 3.8) is 0 Å². The zero-order valence-corrected chi connectivity index (χ0v) is 13.0. The average Bonchev–Trinajstić information content (AvgIpc) is 2.43. The third kappa shape index (κ3) is 3.91. The molecule has 1 aliphatic carbocycles. The molecule has 2 rings (SSSR count). The highest BCUT2D eigenvalue weighted by atomic mass is 35.5. The molecule has 4 nitrogen and oxygen atoms in total. The van der Waals surface area contributed by atoms with Gasteiger partial charge < -0.3 is 5.32 Å². The van der Waals surface area contributed by atoms with Crippen LogP contribution in [0.4, 0.5) is 0 Å². The van der Waals surface area contributed by atoms with Crippen LogP contribution in [0, 0.1) is 11.8 Å². The van der Waals surface area contributed by atoms with E-state index in [0.717, 1.165) is 11.3 Å². The summed E-state index contributed by atoms with van der Waals surface area (Å²) in [5.74, 6) is 0.503. The van der Waals surface area contributed by atoms with E-state index in [9.17, 15) is 9.59 Å². The summed E-state index contributed by atoms with van der Waals surface area (Å²) < 4.78 is 0. The fraction of sp³-hybridized carbons (Fsp3) is 0.438. The molecular formula is C16H19ClN2O2. The van der Waals surface area contributed by atoms with Gasteiger partial charge in [-0.2, -0.15) is 0 Å². The van der Waals surface area contributed by atoms with Crippen molar-refractivity contribution in [3.8, 4) is 0 Å². The topological polar surface area (TPSA) is 58.5 Å². The predicted molar refractivity (Wildman–Crippen MR) is 84.2 cm³/mol. The molecule has 0 radical (unpaired) electrons. The van der Waals surface area contributed by atoms with Crippen molar-refractivity contribution in [3.05, 3.63) is 35.6 Å². The Morgan fingerprint density at radius 2 is 2.19 bits per heavy atom. The minimum absolute atomic E-state index is 0.0691. The van der Waals surface area contributed by atoms with Gasteiger partial charge in [0.05, 0.1) is 5.71 Å². The lowest BCUT2D eigenvalue weighted by Crippen LogP contribution is -2.34. The lowest BCUT2D eigenvalue weighted by Gasteiger charge is -2.29. The van der Waals surface area contributed by atoms with Crippen LogP contribution in [0.3, 0.4) is 0 Å². The monoisotopic (exact) mass is 306 g/mol. The fourth-order valence-corrected chi connectivity index (χ4v) is 2.57. The third-order valence-electron chi connectivity index (χ3n) is 3.47. The Morgan fingerprint density at radius 3 is 2.86 bits per heavy atom. The van der Waals surface area contributed by atoms with Gasteiger partial charge in [0.2, 0.25) is 11.8 Å². The van der Waals surface area contributed by atoms with Gasteiger partial charge in [-0.1, -0.05) is 19.9 Å². The van der Waals surface area contributed by atoms with Gasteiger partial charge in [0, 0.05) is 30.0 Å². The van der Waals surface area contributed by atoms with E-state index in [1.807, 2.05) is 12.2 Å². The summed E-state index contributed by atoms with van der Waals surface area (Å²) in [6.07, 6.45) is 8.21. The highest BCUT2D eigenvalue weighted by Crippen LogP contribution is 2.31. The maximum absolute atomic E-state index is 11.7. The Labute approximate surface area is 129 Å². The minimum atomic E-state index is -0.188. The van der Waals surface area contributed by atoms with Crippen LogP contribution in [0.1, 0.15) is 26.7 Å². The standard InChI is InChI=1S/C16H19ClN2O2/c1-10(2)13-9-16(21)19-14-8-11(5-6-12(13)14)18-15(20)4-3-7-17/h5-6,8-10,12H,3-4,7H2,1-2H3,(H,19,21). The molecule has 0 aromatic carbocycles. The smallest absolute Gasteiger partial charge is 0.248 e. The lowest BCUT2D eigenvalue weighted by atomic mass is 9.82. The molecule has 112 valence electrons. The molecule has 2 amide bonds. The SMILES string of the molecule is CC(C)C1=CC(=O)NC2=CC(=NC(=O)CCCCl)C=CC21. The number of hydrogen-bond acceptors (Lipinski definition) is 2. The Hall–Kier alpha value is -1.68. The second-order valence-electron chi connectivity index (χ2n) is 5.45. The number of fused-ring (bicyclic) bond motifs is 1. The Kier molecular flexibility index (Phi) is 5.12. The van der Waals surface area contributed by atoms with E-state index >= 15 is 0 Å². The second kappa shape index (κ2) is 6.85. The van der Waals surface area contributed by atoms with E-state index in [1.165, 1.54) is 0 Å². The number of halogens is 1. The molecule has 0 aromatic rings. The molecule has 2 aliphatic rings. The van der Waals surface area contributed by atoms with Gasteiger partial charge >= 0.3 is 0 Å². The first kappa shape index (κ1) is 15.7. The van der Waals surface area contributed by atoms with E-state index < -0.39 is 0 Å². The number of carbonyl (C=O) groups excluding carboxylic acids is 2. The molecule has 0 aromatic heterocycles. The first-order valence-electron chi connectivity index (χ1n) is 7.11. The number of hydrogen-bond donors (Lipinski definition) is 1. The van der Waals surface area contributed by atoms with Gasteiger partial charge in [-0.3, -0.25) is 9.59 Å². The highest BCUT2D eigenvalue weighted by molar-refractivity contribution is 6.18. The summed E-state index contributed by atoms with van der Waals surface area (Å²) >= 11 is 5.56. The average molecular weight is 307 g/mol. The summed E-state index contributed by atoms with van der Waals surface area (Å²) in [5, 5.41) is 2.83. The van der Waals surface area contributed by atoms with Crippen molar-refractivity contribution in [2.24, 2.45) is 16.8 Å². The van der Waals surface area contributed by atoms with Crippen LogP contribution in [-0.2, 0) is 9.59 Å². The number of alkyl halides is 1. The van der Waals surface area contributed by atoms with Crippen molar-refractivity contribution >= 4 is 29.1 Å². The maximum Gasteiger partial charge on any atom is 0.248 e. The molecule has 0 fully saturated rings. The van der Waals surface area contributed by atoms with E-state index in [1.54, 1.807) is 12.2 Å². The molecule has 5 heteroatoms. The van der Waals surface area contributed by atoms with Crippen molar-refractivity contribution < 1.29 is 9.59 Å². The normalized spacial score (nSPS) is 22.8. The number of carbonyl (C=O) groups is 2. The van der Waals surface area contributed by atoms with Crippen LogP contribution in [0.2, 0.25) is 0 Å². The quantitative estimate of drug-likeness (QED) is 0.812. The van der Waals surface area contributed by atoms with Crippen LogP contribution in [0.15, 0.2) is 40.6 Å². The van der Waals surface area contributed by atoms with Crippen molar-refractivity contribution in [1.29, 1.82) is 0 Å². The van der Waals surface area contributed by atoms with Crippen molar-refractivity contribution in [1.82, 2.24) is 5.32 Å². The minimum Gasteiger partial charge on any atom is -0.325 e. The van der Waals surface area contributed by atoms with E-state index in [-0.39, 0.29) is 23.7 Å². The highest BCUT2D eigenvalue weighted by Gasteiger charge is 2.27. The molecule has 0 bridgehead atoms. The molecule has 0 spiro atoms. The number of aliphatic imine (C=N–C) groups is 1. The summed E-state index contributed by atoms with van der Waals surface area (Å²) in [6, 6.07) is 0. The molecule has 1 unspecified atom stereocenters. The molecule has 1 aliphatic heterocycles. The second-order valence-corrected chi connectivity index (χ2v) is 5.83. The predicted octanol–water partition coefficient (Wildman–Crippen LogP) is 2.76. The van der Waals surface area contributed by atoms with Crippen LogP contribution in [0.5, 0.6) is 0 Å². The van der Waals surface area contributed by atoms with Crippen LogP contribution in [-0.4, -0.2) is 23.4 Å². The molecule has 1 heterocycles. The maximum atomic E-state index is 11.7. The number of amides is 2. The Morgan fingerprint density at radius 1 is 1.43 bits per heavy atom. The number of nitrogens with zero attached hydrogens (tertiary/aromatic N) is 1. The molecule has 21 heavy (non-hydrogen) atoms. The van der Waals surface area contributed by atoms with Crippen LogP contribution >= 0.6 is 11.6 Å². The zero-order valence-electron chi connectivity index (χ0n) is 12.2. The van der Waals surface area contributed by atoms with Gasteiger partial charge in [-0.05, 0) is 30.1 Å². The van der Waals surface area contributed by atoms with Crippen molar-refractivity contribution in [2.45, 2.75) is 26.7 Å². The lowest BCUT2D eigenvalue weighted by molar-refractivity contribution is -0.118. The number of rotatable bonds is 4. The molecular weight excluding hydrogens is 288 g/mol. The number of nitrogens with one attached hydrogen (secondary N) is 1. The molecule has 1 atom stereocenters. The first-order chi connectivity index (χ1) is 10.0. The van der Waals surface area contributed by atoms with Gasteiger partial charge in [0.25, 0.3) is 0 Å². The molecule has 1 N–H and O–H groups in total. The Balaban J connectivity index is 2.19. The third-order valence-corrected chi connectivity index (χ3v) is 3.73. The summed E-state index contributed by atoms with van der Waals surface area (Å²) in [6.45, 7) is 4.13. The summed E-state index contributed by atoms with van der Waals surface area (Å²) in [4.78, 5) is 27.4. The first-order valence-corrected chi connectivity index (χ1v) is 7.64. The van der Waals surface area contributed by atoms with Crippen LogP contribution < -0.4 is 5.32 Å². The Bertz CT molecular complexity index is 571.